The molecule has 0 unspecified atom stereocenters. The van der Waals surface area contributed by atoms with Gasteiger partial charge in [-0.25, -0.2) is 18.7 Å². The van der Waals surface area contributed by atoms with Crippen LogP contribution in [0, 0.1) is 11.7 Å². The summed E-state index contributed by atoms with van der Waals surface area (Å²) in [6, 6.07) is 0. The van der Waals surface area contributed by atoms with E-state index >= 15 is 0 Å². The Hall–Kier alpha value is -1.53. The molecule has 0 aliphatic rings. The quantitative estimate of drug-likeness (QED) is 0.854. The van der Waals surface area contributed by atoms with Gasteiger partial charge in [0.2, 0.25) is 5.88 Å². The van der Waals surface area contributed by atoms with E-state index in [2.05, 4.69) is 4.98 Å². The second-order valence-electron chi connectivity index (χ2n) is 4.59. The van der Waals surface area contributed by atoms with Crippen molar-refractivity contribution in [1.29, 1.82) is 0 Å². The van der Waals surface area contributed by atoms with Crippen LogP contribution >= 0.6 is 23.2 Å². The van der Waals surface area contributed by atoms with Crippen molar-refractivity contribution < 1.29 is 19.0 Å². The first kappa shape index (κ1) is 14.9. The average Bonchev–Trinajstić information content (AvgIpc) is 2.71. The molecule has 0 aliphatic carbocycles. The lowest BCUT2D eigenvalue weighted by atomic mass is 10.2. The van der Waals surface area contributed by atoms with Gasteiger partial charge in [0, 0.05) is 11.6 Å². The first-order chi connectivity index (χ1) is 9.32. The molecule has 8 heteroatoms. The van der Waals surface area contributed by atoms with Crippen molar-refractivity contribution in [2.45, 2.75) is 13.8 Å². The molecule has 0 atom stereocenters. The molecular weight excluding hydrogens is 310 g/mol. The van der Waals surface area contributed by atoms with E-state index < -0.39 is 22.9 Å². The standard InChI is InChI=1S/C12H11Cl2FN2O3/c1-5(2)4-20-12(19)17-3-6-7(11(17)18)9(13)16-10(14)8(6)15/h3,5,18H,4H2,1-2H3. The number of pyridine rings is 1. The largest absolute Gasteiger partial charge is 0.494 e. The molecule has 2 aromatic rings. The van der Waals surface area contributed by atoms with Crippen molar-refractivity contribution in [2.24, 2.45) is 5.92 Å². The van der Waals surface area contributed by atoms with Gasteiger partial charge >= 0.3 is 6.09 Å². The Morgan fingerprint density at radius 2 is 2.15 bits per heavy atom. The van der Waals surface area contributed by atoms with Crippen molar-refractivity contribution in [3.05, 3.63) is 22.3 Å². The number of carbonyl (C=O) groups excluding carboxylic acids is 1. The van der Waals surface area contributed by atoms with E-state index in [1.54, 1.807) is 0 Å². The van der Waals surface area contributed by atoms with E-state index in [0.29, 0.717) is 0 Å². The molecule has 0 amide bonds. The summed E-state index contributed by atoms with van der Waals surface area (Å²) in [5.41, 5.74) is 0. The van der Waals surface area contributed by atoms with Crippen molar-refractivity contribution in [2.75, 3.05) is 6.61 Å². The van der Waals surface area contributed by atoms with Crippen molar-refractivity contribution in [1.82, 2.24) is 9.55 Å². The van der Waals surface area contributed by atoms with E-state index in [0.717, 1.165) is 10.8 Å². The molecule has 20 heavy (non-hydrogen) atoms. The number of nitrogens with zero attached hydrogens (tertiary/aromatic N) is 2. The van der Waals surface area contributed by atoms with Gasteiger partial charge in [-0.15, -0.1) is 0 Å². The Labute approximate surface area is 123 Å². The van der Waals surface area contributed by atoms with Gasteiger partial charge < -0.3 is 9.84 Å². The minimum atomic E-state index is -0.864. The van der Waals surface area contributed by atoms with Gasteiger partial charge in [-0.2, -0.15) is 0 Å². The third kappa shape index (κ3) is 2.53. The molecule has 2 rings (SSSR count). The Morgan fingerprint density at radius 3 is 2.75 bits per heavy atom. The summed E-state index contributed by atoms with van der Waals surface area (Å²) in [5, 5.41) is 9.13. The summed E-state index contributed by atoms with van der Waals surface area (Å²) in [6.45, 7) is 3.89. The lowest BCUT2D eigenvalue weighted by Crippen LogP contribution is -2.15. The maximum Gasteiger partial charge on any atom is 0.420 e. The molecule has 108 valence electrons. The maximum atomic E-state index is 13.8. The van der Waals surface area contributed by atoms with Crippen LogP contribution in [-0.2, 0) is 4.74 Å². The molecule has 0 aliphatic heterocycles. The molecule has 1 N–H and O–H groups in total. The van der Waals surface area contributed by atoms with Crippen LogP contribution in [0.25, 0.3) is 10.8 Å². The maximum absolute atomic E-state index is 13.8. The van der Waals surface area contributed by atoms with Gasteiger partial charge in [0.15, 0.2) is 11.0 Å². The summed E-state index contributed by atoms with van der Waals surface area (Å²) in [6.07, 6.45) is 0.237. The Bertz CT molecular complexity index is 685. The number of aromatic nitrogens is 2. The fourth-order valence-electron chi connectivity index (χ4n) is 1.61. The van der Waals surface area contributed by atoms with Gasteiger partial charge in [0.1, 0.15) is 5.15 Å². The topological polar surface area (TPSA) is 64.4 Å². The molecule has 0 aromatic carbocycles. The van der Waals surface area contributed by atoms with Gasteiger partial charge in [0.25, 0.3) is 0 Å². The first-order valence-corrected chi connectivity index (χ1v) is 6.50. The molecule has 0 saturated heterocycles. The molecule has 5 nitrogen and oxygen atoms in total. The Morgan fingerprint density at radius 1 is 1.50 bits per heavy atom. The monoisotopic (exact) mass is 320 g/mol. The van der Waals surface area contributed by atoms with Crippen LogP contribution in [0.15, 0.2) is 6.20 Å². The zero-order valence-electron chi connectivity index (χ0n) is 10.7. The lowest BCUT2D eigenvalue weighted by Gasteiger charge is -2.07. The normalized spacial score (nSPS) is 11.3. The van der Waals surface area contributed by atoms with Crippen molar-refractivity contribution >= 4 is 40.1 Å². The smallest absolute Gasteiger partial charge is 0.420 e. The summed E-state index contributed by atoms with van der Waals surface area (Å²) in [5.74, 6) is -1.28. The second kappa shape index (κ2) is 5.46. The fourth-order valence-corrected chi connectivity index (χ4v) is 2.11. The van der Waals surface area contributed by atoms with Crippen LogP contribution in [0.5, 0.6) is 5.88 Å². The zero-order chi connectivity index (χ0) is 15.0. The molecule has 0 fully saturated rings. The van der Waals surface area contributed by atoms with E-state index in [4.69, 9.17) is 27.9 Å². The van der Waals surface area contributed by atoms with Gasteiger partial charge in [-0.05, 0) is 5.92 Å². The molecule has 0 radical (unpaired) electrons. The lowest BCUT2D eigenvalue weighted by molar-refractivity contribution is 0.132. The van der Waals surface area contributed by atoms with E-state index in [1.807, 2.05) is 13.8 Å². The number of rotatable bonds is 2. The second-order valence-corrected chi connectivity index (χ2v) is 5.31. The van der Waals surface area contributed by atoms with Gasteiger partial charge in [-0.1, -0.05) is 37.0 Å². The molecule has 0 bridgehead atoms. The minimum Gasteiger partial charge on any atom is -0.494 e. The zero-order valence-corrected chi connectivity index (χ0v) is 12.2. The summed E-state index contributed by atoms with van der Waals surface area (Å²) in [4.78, 5) is 15.3. The van der Waals surface area contributed by atoms with E-state index in [-0.39, 0.29) is 28.5 Å². The highest BCUT2D eigenvalue weighted by atomic mass is 35.5. The molecular formula is C12H11Cl2FN2O3. The molecule has 2 heterocycles. The Kier molecular flexibility index (Phi) is 4.06. The van der Waals surface area contributed by atoms with Crippen LogP contribution < -0.4 is 0 Å². The molecule has 0 saturated carbocycles. The number of aromatic hydroxyl groups is 1. The number of hydrogen-bond donors (Lipinski definition) is 1. The minimum absolute atomic E-state index is 0.0879. The van der Waals surface area contributed by atoms with Crippen LogP contribution in [0.4, 0.5) is 9.18 Å². The third-order valence-electron chi connectivity index (χ3n) is 2.54. The third-order valence-corrected chi connectivity index (χ3v) is 3.06. The summed E-state index contributed by atoms with van der Waals surface area (Å²) < 4.78 is 19.5. The van der Waals surface area contributed by atoms with E-state index in [1.165, 1.54) is 0 Å². The molecule has 0 spiro atoms. The fraction of sp³-hybridized carbons (Fsp3) is 0.333. The predicted molar refractivity (Wildman–Crippen MR) is 73.0 cm³/mol. The highest BCUT2D eigenvalue weighted by molar-refractivity contribution is 6.37. The van der Waals surface area contributed by atoms with Crippen LogP contribution in [0.3, 0.4) is 0 Å². The number of fused-ring (bicyclic) bond motifs is 1. The SMILES string of the molecule is CC(C)COC(=O)n1cc2c(F)c(Cl)nc(Cl)c2c1O. The summed E-state index contributed by atoms with van der Waals surface area (Å²) >= 11 is 11.4. The van der Waals surface area contributed by atoms with Crippen molar-refractivity contribution in [3.63, 3.8) is 0 Å². The van der Waals surface area contributed by atoms with Crippen LogP contribution in [0.2, 0.25) is 10.3 Å². The Balaban J connectivity index is 2.51. The highest BCUT2D eigenvalue weighted by Crippen LogP contribution is 2.36. The number of hydrogen-bond acceptors (Lipinski definition) is 4. The highest BCUT2D eigenvalue weighted by Gasteiger charge is 2.22. The van der Waals surface area contributed by atoms with Crippen LogP contribution in [-0.4, -0.2) is 27.4 Å². The number of halogens is 3. The first-order valence-electron chi connectivity index (χ1n) is 5.74. The number of ether oxygens (including phenoxy) is 1. The van der Waals surface area contributed by atoms with Gasteiger partial charge in [-0.3, -0.25) is 0 Å². The summed E-state index contributed by atoms with van der Waals surface area (Å²) in [7, 11) is 0. The number of carbonyl (C=O) groups is 1. The van der Waals surface area contributed by atoms with Crippen LogP contribution in [0.1, 0.15) is 13.8 Å². The van der Waals surface area contributed by atoms with Gasteiger partial charge in [0.05, 0.1) is 12.0 Å². The predicted octanol–water partition coefficient (Wildman–Crippen LogP) is 3.83. The molecule has 2 aromatic heterocycles. The van der Waals surface area contributed by atoms with Crippen molar-refractivity contribution in [3.8, 4) is 5.88 Å². The average molecular weight is 321 g/mol. The van der Waals surface area contributed by atoms with E-state index in [9.17, 15) is 14.3 Å².